The Morgan fingerprint density at radius 1 is 1.33 bits per heavy atom. The van der Waals surface area contributed by atoms with Gasteiger partial charge in [0.05, 0.1) is 12.3 Å². The highest BCUT2D eigenvalue weighted by molar-refractivity contribution is 5.90. The molecule has 0 saturated carbocycles. The first-order valence-corrected chi connectivity index (χ1v) is 6.86. The molecule has 1 aromatic carbocycles. The summed E-state index contributed by atoms with van der Waals surface area (Å²) in [5.74, 6) is 0.675. The van der Waals surface area contributed by atoms with E-state index in [9.17, 15) is 4.79 Å². The van der Waals surface area contributed by atoms with Crippen molar-refractivity contribution in [3.63, 3.8) is 0 Å². The van der Waals surface area contributed by atoms with E-state index in [1.165, 1.54) is 0 Å². The number of benzene rings is 1. The predicted molar refractivity (Wildman–Crippen MR) is 82.4 cm³/mol. The van der Waals surface area contributed by atoms with Gasteiger partial charge in [0.15, 0.2) is 0 Å². The van der Waals surface area contributed by atoms with E-state index in [4.69, 9.17) is 4.74 Å². The molecule has 1 heterocycles. The van der Waals surface area contributed by atoms with E-state index in [0.717, 1.165) is 11.1 Å². The number of carbonyl (C=O) groups excluding carboxylic acids is 1. The molecule has 0 atom stereocenters. The molecule has 110 valence electrons. The van der Waals surface area contributed by atoms with Crippen molar-refractivity contribution in [3.05, 3.63) is 53.9 Å². The molecular formula is C16H19N3O2. The first kappa shape index (κ1) is 14.8. The summed E-state index contributed by atoms with van der Waals surface area (Å²) in [4.78, 5) is 15.9. The molecule has 2 aromatic rings. The fourth-order valence-corrected chi connectivity index (χ4v) is 1.86. The van der Waals surface area contributed by atoms with Crippen LogP contribution in [0.5, 0.6) is 5.75 Å². The van der Waals surface area contributed by atoms with Gasteiger partial charge in [-0.3, -0.25) is 4.98 Å². The van der Waals surface area contributed by atoms with Crippen molar-refractivity contribution in [2.45, 2.75) is 20.4 Å². The standard InChI is InChI=1S/C16H19N3O2/c1-3-21-15-9-12(2)6-7-14(15)19-16(20)18-11-13-5-4-8-17-10-13/h4-10H,3,11H2,1-2H3,(H2,18,19,20). The number of hydrogen-bond donors (Lipinski definition) is 2. The molecule has 0 spiro atoms. The molecule has 0 saturated heterocycles. The van der Waals surface area contributed by atoms with Crippen molar-refractivity contribution in [2.75, 3.05) is 11.9 Å². The van der Waals surface area contributed by atoms with Crippen LogP contribution in [0.25, 0.3) is 0 Å². The highest BCUT2D eigenvalue weighted by atomic mass is 16.5. The van der Waals surface area contributed by atoms with E-state index in [0.29, 0.717) is 24.6 Å². The van der Waals surface area contributed by atoms with E-state index in [1.54, 1.807) is 12.4 Å². The first-order chi connectivity index (χ1) is 10.2. The van der Waals surface area contributed by atoms with Crippen LogP contribution < -0.4 is 15.4 Å². The zero-order chi connectivity index (χ0) is 15.1. The Bertz CT molecular complexity index is 600. The Kier molecular flexibility index (Phi) is 5.15. The van der Waals surface area contributed by atoms with Gasteiger partial charge in [-0.2, -0.15) is 0 Å². The number of amides is 2. The highest BCUT2D eigenvalue weighted by Gasteiger charge is 2.07. The summed E-state index contributed by atoms with van der Waals surface area (Å²) in [6.07, 6.45) is 3.42. The molecule has 5 nitrogen and oxygen atoms in total. The maximum absolute atomic E-state index is 11.9. The number of nitrogens with zero attached hydrogens (tertiary/aromatic N) is 1. The van der Waals surface area contributed by atoms with Crippen LogP contribution in [0, 0.1) is 6.92 Å². The lowest BCUT2D eigenvalue weighted by Gasteiger charge is -2.13. The second kappa shape index (κ2) is 7.28. The number of aryl methyl sites for hydroxylation is 1. The molecule has 0 aliphatic rings. The van der Waals surface area contributed by atoms with Crippen molar-refractivity contribution in [3.8, 4) is 5.75 Å². The summed E-state index contributed by atoms with van der Waals surface area (Å²) in [6, 6.07) is 9.14. The SMILES string of the molecule is CCOc1cc(C)ccc1NC(=O)NCc1cccnc1. The molecule has 1 aromatic heterocycles. The average Bonchev–Trinajstić information content (AvgIpc) is 2.49. The van der Waals surface area contributed by atoms with Gasteiger partial charge < -0.3 is 15.4 Å². The number of ether oxygens (including phenoxy) is 1. The van der Waals surface area contributed by atoms with Crippen molar-refractivity contribution < 1.29 is 9.53 Å². The summed E-state index contributed by atoms with van der Waals surface area (Å²) in [6.45, 7) is 4.87. The highest BCUT2D eigenvalue weighted by Crippen LogP contribution is 2.25. The number of hydrogen-bond acceptors (Lipinski definition) is 3. The number of aromatic nitrogens is 1. The minimum absolute atomic E-state index is 0.274. The van der Waals surface area contributed by atoms with Crippen LogP contribution >= 0.6 is 0 Å². The Labute approximate surface area is 124 Å². The topological polar surface area (TPSA) is 63.2 Å². The number of urea groups is 1. The molecule has 2 rings (SSSR count). The van der Waals surface area contributed by atoms with E-state index in [2.05, 4.69) is 15.6 Å². The number of carbonyl (C=O) groups is 1. The Hall–Kier alpha value is -2.56. The molecule has 0 aliphatic heterocycles. The lowest BCUT2D eigenvalue weighted by atomic mass is 10.2. The molecule has 0 unspecified atom stereocenters. The zero-order valence-electron chi connectivity index (χ0n) is 12.2. The lowest BCUT2D eigenvalue weighted by molar-refractivity contribution is 0.251. The molecule has 0 fully saturated rings. The molecule has 2 amide bonds. The molecule has 5 heteroatoms. The summed E-state index contributed by atoms with van der Waals surface area (Å²) < 4.78 is 5.53. The lowest BCUT2D eigenvalue weighted by Crippen LogP contribution is -2.28. The van der Waals surface area contributed by atoms with E-state index in [-0.39, 0.29) is 6.03 Å². The average molecular weight is 285 g/mol. The zero-order valence-corrected chi connectivity index (χ0v) is 12.2. The van der Waals surface area contributed by atoms with Gasteiger partial charge in [0, 0.05) is 18.9 Å². The van der Waals surface area contributed by atoms with Crippen LogP contribution in [0.15, 0.2) is 42.7 Å². The predicted octanol–water partition coefficient (Wildman–Crippen LogP) is 3.11. The van der Waals surface area contributed by atoms with E-state index >= 15 is 0 Å². The minimum Gasteiger partial charge on any atom is -0.492 e. The molecule has 21 heavy (non-hydrogen) atoms. The maximum Gasteiger partial charge on any atom is 0.319 e. The van der Waals surface area contributed by atoms with Crippen molar-refractivity contribution in [1.82, 2.24) is 10.3 Å². The molecular weight excluding hydrogens is 266 g/mol. The fraction of sp³-hybridized carbons (Fsp3) is 0.250. The van der Waals surface area contributed by atoms with Crippen molar-refractivity contribution in [2.24, 2.45) is 0 Å². The van der Waals surface area contributed by atoms with Crippen LogP contribution in [-0.2, 0) is 6.54 Å². The molecule has 0 radical (unpaired) electrons. The molecule has 0 aliphatic carbocycles. The van der Waals surface area contributed by atoms with Crippen LogP contribution in [0.2, 0.25) is 0 Å². The van der Waals surface area contributed by atoms with Crippen LogP contribution in [-0.4, -0.2) is 17.6 Å². The molecule has 0 bridgehead atoms. The Balaban J connectivity index is 1.96. The second-order valence-corrected chi connectivity index (χ2v) is 4.60. The van der Waals surface area contributed by atoms with Gasteiger partial charge in [-0.05, 0) is 43.2 Å². The first-order valence-electron chi connectivity index (χ1n) is 6.86. The van der Waals surface area contributed by atoms with Gasteiger partial charge in [-0.25, -0.2) is 4.79 Å². The van der Waals surface area contributed by atoms with Crippen LogP contribution in [0.1, 0.15) is 18.1 Å². The third-order valence-corrected chi connectivity index (χ3v) is 2.86. The Morgan fingerprint density at radius 2 is 2.19 bits per heavy atom. The van der Waals surface area contributed by atoms with Gasteiger partial charge in [0.25, 0.3) is 0 Å². The molecule has 2 N–H and O–H groups in total. The summed E-state index contributed by atoms with van der Waals surface area (Å²) in [7, 11) is 0. The van der Waals surface area contributed by atoms with Gasteiger partial charge in [0.2, 0.25) is 0 Å². The van der Waals surface area contributed by atoms with Crippen LogP contribution in [0.4, 0.5) is 10.5 Å². The van der Waals surface area contributed by atoms with Gasteiger partial charge in [-0.1, -0.05) is 12.1 Å². The summed E-state index contributed by atoms with van der Waals surface area (Å²) >= 11 is 0. The monoisotopic (exact) mass is 285 g/mol. The summed E-state index contributed by atoms with van der Waals surface area (Å²) in [5, 5.41) is 5.58. The maximum atomic E-state index is 11.9. The van der Waals surface area contributed by atoms with Gasteiger partial charge in [-0.15, -0.1) is 0 Å². The van der Waals surface area contributed by atoms with E-state index in [1.807, 2.05) is 44.2 Å². The second-order valence-electron chi connectivity index (χ2n) is 4.60. The largest absolute Gasteiger partial charge is 0.492 e. The van der Waals surface area contributed by atoms with Crippen molar-refractivity contribution in [1.29, 1.82) is 0 Å². The number of pyridine rings is 1. The Morgan fingerprint density at radius 3 is 2.90 bits per heavy atom. The number of nitrogens with one attached hydrogen (secondary N) is 2. The van der Waals surface area contributed by atoms with Crippen molar-refractivity contribution >= 4 is 11.7 Å². The normalized spacial score (nSPS) is 10.0. The number of rotatable bonds is 5. The third kappa shape index (κ3) is 4.49. The van der Waals surface area contributed by atoms with Gasteiger partial charge >= 0.3 is 6.03 Å². The van der Waals surface area contributed by atoms with Crippen LogP contribution in [0.3, 0.4) is 0 Å². The number of anilines is 1. The quantitative estimate of drug-likeness (QED) is 0.887. The third-order valence-electron chi connectivity index (χ3n) is 2.86. The van der Waals surface area contributed by atoms with E-state index < -0.39 is 0 Å². The minimum atomic E-state index is -0.274. The fourth-order valence-electron chi connectivity index (χ4n) is 1.86. The smallest absolute Gasteiger partial charge is 0.319 e. The summed E-state index contributed by atoms with van der Waals surface area (Å²) in [5.41, 5.74) is 2.69. The van der Waals surface area contributed by atoms with Gasteiger partial charge in [0.1, 0.15) is 5.75 Å².